The Morgan fingerprint density at radius 1 is 1.21 bits per heavy atom. The van der Waals surface area contributed by atoms with Crippen LogP contribution in [0.3, 0.4) is 0 Å². The first kappa shape index (κ1) is 30.1. The van der Waals surface area contributed by atoms with Crippen molar-refractivity contribution in [1.82, 2.24) is 34.1 Å². The van der Waals surface area contributed by atoms with E-state index in [-0.39, 0.29) is 34.0 Å². The third kappa shape index (κ3) is 5.16. The Labute approximate surface area is 247 Å². The van der Waals surface area contributed by atoms with Gasteiger partial charge in [-0.1, -0.05) is 12.2 Å². The van der Waals surface area contributed by atoms with Crippen LogP contribution >= 0.6 is 30.8 Å². The fourth-order valence-electron chi connectivity index (χ4n) is 4.89. The van der Waals surface area contributed by atoms with Crippen LogP contribution in [0.15, 0.2) is 29.7 Å². The summed E-state index contributed by atoms with van der Waals surface area (Å²) in [6.07, 6.45) is -6.30. The molecule has 7 N–H and O–H groups in total. The van der Waals surface area contributed by atoms with E-state index in [9.17, 15) is 19.6 Å². The van der Waals surface area contributed by atoms with E-state index in [1.165, 1.54) is 23.2 Å². The zero-order valence-electron chi connectivity index (χ0n) is 21.5. The summed E-state index contributed by atoms with van der Waals surface area (Å²) in [5.41, 5.74) is 11.0. The second-order valence-corrected chi connectivity index (χ2v) is 13.9. The van der Waals surface area contributed by atoms with Gasteiger partial charge in [-0.05, 0) is 6.07 Å². The second kappa shape index (κ2) is 10.9. The number of fused-ring (bicyclic) bond motifs is 2. The largest absolute Gasteiger partial charge is 0.397 e. The van der Waals surface area contributed by atoms with Gasteiger partial charge in [0.1, 0.15) is 29.3 Å². The van der Waals surface area contributed by atoms with E-state index >= 15 is 13.2 Å². The maximum Gasteiger partial charge on any atom is 0.386 e. The highest BCUT2D eigenvalue weighted by atomic mass is 32.7. The number of nitrogen functional groups attached to an aromatic ring is 2. The molecule has 22 heteroatoms. The standard InChI is InChI=1S/C21H23F3N9O7PS2/c22-10-9(3-34)43-18(32-5-29-12-16(32)30-20(26)31-17(12)36)13(10)40-41(37,42)38-4-8-14(35)21(23,24)19(39-8)33-6-28-11-7(25)1-2-27-15(11)33/h1-2,5-6,8-10,13-14,18-19,34-35H,3-4H2,(H2,25,27)(H,37,42)(H3,26,30,31,36)/t8-,9-,10+,13-,14-,18-,19-,41?/m1/s1. The zero-order valence-corrected chi connectivity index (χ0v) is 24.1. The van der Waals surface area contributed by atoms with Gasteiger partial charge in [-0.3, -0.25) is 28.0 Å². The summed E-state index contributed by atoms with van der Waals surface area (Å²) < 4.78 is 77.1. The van der Waals surface area contributed by atoms with E-state index in [0.29, 0.717) is 0 Å². The van der Waals surface area contributed by atoms with Crippen molar-refractivity contribution in [2.75, 3.05) is 24.7 Å². The number of aromatic amines is 1. The number of H-pyrrole nitrogens is 1. The van der Waals surface area contributed by atoms with Crippen LogP contribution < -0.4 is 17.0 Å². The van der Waals surface area contributed by atoms with Gasteiger partial charge >= 0.3 is 12.7 Å². The number of rotatable bonds is 8. The smallest absolute Gasteiger partial charge is 0.386 e. The molecule has 0 radical (unpaired) electrons. The van der Waals surface area contributed by atoms with Crippen LogP contribution in [0, 0.1) is 0 Å². The van der Waals surface area contributed by atoms with Crippen LogP contribution in [0.1, 0.15) is 11.6 Å². The minimum Gasteiger partial charge on any atom is -0.397 e. The number of thioether (sulfide) groups is 1. The number of anilines is 2. The number of nitrogens with two attached hydrogens (primary N) is 2. The Kier molecular flexibility index (Phi) is 7.65. The van der Waals surface area contributed by atoms with Crippen LogP contribution in [-0.2, 0) is 18.3 Å². The lowest BCUT2D eigenvalue weighted by atomic mass is 10.1. The molecule has 232 valence electrons. The summed E-state index contributed by atoms with van der Waals surface area (Å²) in [6, 6.07) is 1.43. The molecule has 2 fully saturated rings. The number of pyridine rings is 1. The Morgan fingerprint density at radius 2 is 1.93 bits per heavy atom. The van der Waals surface area contributed by atoms with Crippen molar-refractivity contribution in [2.24, 2.45) is 0 Å². The number of imidazole rings is 2. The van der Waals surface area contributed by atoms with Crippen LogP contribution in [-0.4, -0.2) is 93.1 Å². The van der Waals surface area contributed by atoms with Crippen molar-refractivity contribution >= 4 is 64.8 Å². The molecule has 2 aliphatic rings. The molecule has 16 nitrogen and oxygen atoms in total. The van der Waals surface area contributed by atoms with Crippen LogP contribution in [0.25, 0.3) is 22.3 Å². The van der Waals surface area contributed by atoms with Gasteiger partial charge in [0.05, 0.1) is 36.8 Å². The Hall–Kier alpha value is -2.91. The maximum atomic E-state index is 15.4. The quantitative estimate of drug-likeness (QED) is 0.114. The molecule has 2 aliphatic heterocycles. The molecule has 0 aliphatic carbocycles. The van der Waals surface area contributed by atoms with Gasteiger partial charge in [0.15, 0.2) is 22.9 Å². The zero-order chi connectivity index (χ0) is 30.8. The second-order valence-electron chi connectivity index (χ2n) is 9.67. The number of hydrogen-bond donors (Lipinski definition) is 6. The normalized spacial score (nSPS) is 30.3. The average Bonchev–Trinajstić information content (AvgIpc) is 3.68. The summed E-state index contributed by atoms with van der Waals surface area (Å²) in [4.78, 5) is 30.5. The third-order valence-corrected chi connectivity index (χ3v) is 10.1. The van der Waals surface area contributed by atoms with Crippen LogP contribution in [0.2, 0.25) is 0 Å². The first-order chi connectivity index (χ1) is 20.3. The van der Waals surface area contributed by atoms with Crippen molar-refractivity contribution in [3.05, 3.63) is 35.3 Å². The topological polar surface area (TPSA) is 232 Å². The van der Waals surface area contributed by atoms with E-state index < -0.39 is 72.8 Å². The van der Waals surface area contributed by atoms with Crippen molar-refractivity contribution in [3.63, 3.8) is 0 Å². The Morgan fingerprint density at radius 3 is 2.67 bits per heavy atom. The molecule has 4 aromatic rings. The fourth-order valence-corrected chi connectivity index (χ4v) is 7.83. The summed E-state index contributed by atoms with van der Waals surface area (Å²) in [6.45, 7) is -6.09. The molecule has 6 rings (SSSR count). The van der Waals surface area contributed by atoms with Crippen molar-refractivity contribution < 1.29 is 41.7 Å². The molecule has 6 heterocycles. The minimum absolute atomic E-state index is 0.0240. The molecule has 0 saturated carbocycles. The predicted octanol–water partition coefficient (Wildman–Crippen LogP) is 1.01. The number of aliphatic hydroxyl groups excluding tert-OH is 2. The lowest BCUT2D eigenvalue weighted by Gasteiger charge is -2.25. The minimum atomic E-state index is -4.55. The van der Waals surface area contributed by atoms with Gasteiger partial charge in [0.2, 0.25) is 12.2 Å². The number of nitrogens with one attached hydrogen (secondary N) is 1. The number of aliphatic hydroxyl groups is 2. The number of alkyl halides is 3. The highest BCUT2D eigenvalue weighted by Crippen LogP contribution is 2.59. The van der Waals surface area contributed by atoms with Gasteiger partial charge in [-0.25, -0.2) is 23.9 Å². The summed E-state index contributed by atoms with van der Waals surface area (Å²) in [7, 11) is 0. The van der Waals surface area contributed by atoms with Gasteiger partial charge in [-0.2, -0.15) is 13.8 Å². The van der Waals surface area contributed by atoms with Crippen molar-refractivity contribution in [2.45, 2.75) is 47.3 Å². The monoisotopic (exact) mass is 665 g/mol. The van der Waals surface area contributed by atoms with E-state index in [1.54, 1.807) is 0 Å². The summed E-state index contributed by atoms with van der Waals surface area (Å²) >= 11 is 4.76. The van der Waals surface area contributed by atoms with Crippen LogP contribution in [0.5, 0.6) is 0 Å². The molecule has 4 aromatic heterocycles. The molecule has 8 atom stereocenters. The molecule has 0 amide bonds. The number of aromatic nitrogens is 7. The van der Waals surface area contributed by atoms with Crippen molar-refractivity contribution in [1.29, 1.82) is 0 Å². The molecule has 0 spiro atoms. The highest BCUT2D eigenvalue weighted by Gasteiger charge is 2.60. The Bertz CT molecular complexity index is 1790. The number of hydrogen-bond acceptors (Lipinski definition) is 14. The van der Waals surface area contributed by atoms with E-state index in [0.717, 1.165) is 22.7 Å². The maximum absolute atomic E-state index is 15.4. The molecular weight excluding hydrogens is 642 g/mol. The first-order valence-electron chi connectivity index (χ1n) is 12.4. The van der Waals surface area contributed by atoms with Gasteiger partial charge < -0.3 is 26.4 Å². The lowest BCUT2D eigenvalue weighted by Crippen LogP contribution is -2.39. The van der Waals surface area contributed by atoms with E-state index in [2.05, 4.69) is 37.2 Å². The highest BCUT2D eigenvalue weighted by molar-refractivity contribution is 8.44. The van der Waals surface area contributed by atoms with Gasteiger partial charge in [0, 0.05) is 6.20 Å². The summed E-state index contributed by atoms with van der Waals surface area (Å²) in [5, 5.41) is 17.9. The number of halogens is 3. The van der Waals surface area contributed by atoms with Crippen LogP contribution in [0.4, 0.5) is 24.8 Å². The molecular formula is C21H23F3N9O7PS2. The molecule has 1 unspecified atom stereocenters. The van der Waals surface area contributed by atoms with Crippen molar-refractivity contribution in [3.8, 4) is 0 Å². The third-order valence-electron chi connectivity index (χ3n) is 6.95. The SMILES string of the molecule is Nc1nc2c(ncn2[C@@H]2S[C@H](CO)[C@H](F)[C@H]2OP(=O)(S)OC[C@H]2O[C@@H](n3cnc4c(N)ccnc43)C(F)(F)[C@@H]2O)c(=O)[nH]1. The summed E-state index contributed by atoms with van der Waals surface area (Å²) in [5.74, 6) is -4.12. The number of ether oxygens (including phenoxy) is 1. The molecule has 43 heavy (non-hydrogen) atoms. The molecule has 0 aromatic carbocycles. The molecule has 0 bridgehead atoms. The van der Waals surface area contributed by atoms with E-state index in [4.69, 9.17) is 25.3 Å². The predicted molar refractivity (Wildman–Crippen MR) is 149 cm³/mol. The molecule has 2 saturated heterocycles. The van der Waals surface area contributed by atoms with Gasteiger partial charge in [0.25, 0.3) is 5.56 Å². The number of nitrogens with zero attached hydrogens (tertiary/aromatic N) is 6. The Balaban J connectivity index is 1.21. The fraction of sp³-hybridized carbons (Fsp3) is 0.476. The lowest BCUT2D eigenvalue weighted by molar-refractivity contribution is -0.138. The average molecular weight is 666 g/mol. The first-order valence-corrected chi connectivity index (χ1v) is 16.0. The van der Waals surface area contributed by atoms with E-state index in [1.807, 2.05) is 0 Å². The van der Waals surface area contributed by atoms with Gasteiger partial charge in [-0.15, -0.1) is 11.8 Å². The number of thiol groups is 1.